The summed E-state index contributed by atoms with van der Waals surface area (Å²) in [6.07, 6.45) is 6.06. The van der Waals surface area contributed by atoms with E-state index in [0.29, 0.717) is 12.1 Å². The van der Waals surface area contributed by atoms with Crippen molar-refractivity contribution in [3.05, 3.63) is 66.4 Å². The molecule has 4 aromatic heterocycles. The van der Waals surface area contributed by atoms with Crippen LogP contribution in [-0.4, -0.2) is 41.7 Å². The number of aryl methyl sites for hydroxylation is 1. The molecule has 1 aromatic carbocycles. The van der Waals surface area contributed by atoms with Crippen molar-refractivity contribution in [1.29, 1.82) is 0 Å². The molecule has 8 nitrogen and oxygen atoms in total. The minimum Gasteiger partial charge on any atom is -0.495 e. The quantitative estimate of drug-likeness (QED) is 0.483. The Morgan fingerprint density at radius 1 is 1.04 bits per heavy atom. The number of pyridine rings is 1. The summed E-state index contributed by atoms with van der Waals surface area (Å²) in [4.78, 5) is 4.41. The van der Waals surface area contributed by atoms with Crippen molar-refractivity contribution in [3.63, 3.8) is 0 Å². The van der Waals surface area contributed by atoms with Gasteiger partial charge in [0.25, 0.3) is 0 Å². The molecule has 0 amide bonds. The van der Waals surface area contributed by atoms with E-state index in [1.807, 2.05) is 43.6 Å². The second kappa shape index (κ2) is 6.41. The lowest BCUT2D eigenvalue weighted by atomic mass is 10.1. The zero-order valence-corrected chi connectivity index (χ0v) is 15.4. The Bertz CT molecular complexity index is 1300. The van der Waals surface area contributed by atoms with Gasteiger partial charge in [-0.1, -0.05) is 6.07 Å². The summed E-state index contributed by atoms with van der Waals surface area (Å²) < 4.78 is 8.82. The first-order valence-corrected chi connectivity index (χ1v) is 8.83. The number of fused-ring (bicyclic) bond motifs is 2. The molecule has 0 atom stereocenters. The summed E-state index contributed by atoms with van der Waals surface area (Å²) in [5.41, 5.74) is 4.52. The van der Waals surface area contributed by atoms with Gasteiger partial charge in [-0.3, -0.25) is 9.67 Å². The van der Waals surface area contributed by atoms with Crippen LogP contribution in [0, 0.1) is 0 Å². The minimum atomic E-state index is 0.609. The van der Waals surface area contributed by atoms with Crippen LogP contribution >= 0.6 is 0 Å². The third-order valence-corrected chi connectivity index (χ3v) is 4.65. The van der Waals surface area contributed by atoms with Crippen LogP contribution in [0.15, 0.2) is 55.0 Å². The fourth-order valence-electron chi connectivity index (χ4n) is 3.22. The first-order chi connectivity index (χ1) is 13.7. The predicted molar refractivity (Wildman–Crippen MR) is 104 cm³/mol. The molecule has 5 aromatic rings. The Balaban J connectivity index is 1.53. The molecule has 0 spiro atoms. The standard InChI is InChI=1S/C20H17N7O/c1-26-12-15(10-22-26)18-5-6-19-23-24-20(27(19)25-18)8-13-3-4-17-14(7-13)9-16(28-2)11-21-17/h3-7,9-12H,8H2,1-2H3. The van der Waals surface area contributed by atoms with Gasteiger partial charge in [0.2, 0.25) is 0 Å². The average molecular weight is 371 g/mol. The normalized spacial score (nSPS) is 11.4. The first-order valence-electron chi connectivity index (χ1n) is 8.83. The molecular formula is C20H17N7O. The highest BCUT2D eigenvalue weighted by Gasteiger charge is 2.11. The van der Waals surface area contributed by atoms with Gasteiger partial charge in [0.1, 0.15) is 5.75 Å². The van der Waals surface area contributed by atoms with Gasteiger partial charge in [-0.05, 0) is 35.9 Å². The van der Waals surface area contributed by atoms with Gasteiger partial charge >= 0.3 is 0 Å². The van der Waals surface area contributed by atoms with Crippen molar-refractivity contribution in [3.8, 4) is 17.0 Å². The summed E-state index contributed by atoms with van der Waals surface area (Å²) in [6.45, 7) is 0. The molecule has 28 heavy (non-hydrogen) atoms. The van der Waals surface area contributed by atoms with E-state index in [-0.39, 0.29) is 0 Å². The lowest BCUT2D eigenvalue weighted by Crippen LogP contribution is -2.01. The summed E-state index contributed by atoms with van der Waals surface area (Å²) in [5, 5.41) is 18.5. The molecule has 4 heterocycles. The van der Waals surface area contributed by atoms with Crippen molar-refractivity contribution in [2.75, 3.05) is 7.11 Å². The van der Waals surface area contributed by atoms with Gasteiger partial charge in [-0.15, -0.1) is 10.2 Å². The van der Waals surface area contributed by atoms with Crippen LogP contribution in [0.1, 0.15) is 11.4 Å². The molecule has 0 fully saturated rings. The van der Waals surface area contributed by atoms with E-state index in [1.165, 1.54) is 0 Å². The number of nitrogens with zero attached hydrogens (tertiary/aromatic N) is 7. The molecule has 0 bridgehead atoms. The van der Waals surface area contributed by atoms with Gasteiger partial charge in [0.05, 0.1) is 30.7 Å². The fourth-order valence-corrected chi connectivity index (χ4v) is 3.22. The Hall–Kier alpha value is -3.81. The van der Waals surface area contributed by atoms with Crippen LogP contribution in [0.4, 0.5) is 0 Å². The van der Waals surface area contributed by atoms with E-state index in [4.69, 9.17) is 9.84 Å². The summed E-state index contributed by atoms with van der Waals surface area (Å²) in [7, 11) is 3.52. The number of methoxy groups -OCH3 is 1. The van der Waals surface area contributed by atoms with Gasteiger partial charge in [-0.2, -0.15) is 14.7 Å². The monoisotopic (exact) mass is 371 g/mol. The Labute approximate surface area is 160 Å². The van der Waals surface area contributed by atoms with Gasteiger partial charge in [-0.25, -0.2) is 0 Å². The Morgan fingerprint density at radius 3 is 2.79 bits per heavy atom. The van der Waals surface area contributed by atoms with Crippen molar-refractivity contribution in [2.45, 2.75) is 6.42 Å². The fraction of sp³-hybridized carbons (Fsp3) is 0.150. The predicted octanol–water partition coefficient (Wildman–Crippen LogP) is 2.67. The molecule has 0 unspecified atom stereocenters. The topological polar surface area (TPSA) is 83.0 Å². The minimum absolute atomic E-state index is 0.609. The molecule has 5 rings (SSSR count). The van der Waals surface area contributed by atoms with Gasteiger partial charge in [0.15, 0.2) is 11.5 Å². The number of hydrogen-bond acceptors (Lipinski definition) is 6. The van der Waals surface area contributed by atoms with Crippen LogP contribution < -0.4 is 4.74 Å². The second-order valence-corrected chi connectivity index (χ2v) is 6.59. The molecule has 0 saturated heterocycles. The van der Waals surface area contributed by atoms with Crippen molar-refractivity contribution in [1.82, 2.24) is 34.6 Å². The zero-order chi connectivity index (χ0) is 19.1. The maximum Gasteiger partial charge on any atom is 0.177 e. The van der Waals surface area contributed by atoms with E-state index >= 15 is 0 Å². The van der Waals surface area contributed by atoms with E-state index < -0.39 is 0 Å². The molecule has 0 saturated carbocycles. The highest BCUT2D eigenvalue weighted by atomic mass is 16.5. The molecule has 0 aliphatic rings. The largest absolute Gasteiger partial charge is 0.495 e. The number of ether oxygens (including phenoxy) is 1. The lowest BCUT2D eigenvalue weighted by molar-refractivity contribution is 0.414. The van der Waals surface area contributed by atoms with Gasteiger partial charge in [0, 0.05) is 30.6 Å². The lowest BCUT2D eigenvalue weighted by Gasteiger charge is -2.05. The Morgan fingerprint density at radius 2 is 1.96 bits per heavy atom. The molecule has 8 heteroatoms. The molecular weight excluding hydrogens is 354 g/mol. The van der Waals surface area contributed by atoms with Gasteiger partial charge < -0.3 is 4.74 Å². The van der Waals surface area contributed by atoms with Crippen LogP contribution in [0.3, 0.4) is 0 Å². The molecule has 138 valence electrons. The van der Waals surface area contributed by atoms with E-state index in [2.05, 4.69) is 26.3 Å². The molecule has 0 aliphatic heterocycles. The van der Waals surface area contributed by atoms with E-state index in [9.17, 15) is 0 Å². The van der Waals surface area contributed by atoms with E-state index in [1.54, 1.807) is 28.7 Å². The number of hydrogen-bond donors (Lipinski definition) is 0. The Kier molecular flexibility index (Phi) is 3.75. The van der Waals surface area contributed by atoms with Crippen LogP contribution in [0.5, 0.6) is 5.75 Å². The SMILES string of the molecule is COc1cnc2ccc(Cc3nnc4ccc(-c5cnn(C)c5)nn34)cc2c1. The second-order valence-electron chi connectivity index (χ2n) is 6.59. The summed E-state index contributed by atoms with van der Waals surface area (Å²) in [5.74, 6) is 1.51. The van der Waals surface area contributed by atoms with Crippen LogP contribution in [0.25, 0.3) is 27.8 Å². The number of benzene rings is 1. The van der Waals surface area contributed by atoms with Crippen molar-refractivity contribution >= 4 is 16.6 Å². The van der Waals surface area contributed by atoms with E-state index in [0.717, 1.165) is 39.3 Å². The maximum atomic E-state index is 5.28. The third-order valence-electron chi connectivity index (χ3n) is 4.65. The molecule has 0 aliphatic carbocycles. The average Bonchev–Trinajstić information content (AvgIpc) is 3.33. The number of rotatable bonds is 4. The first kappa shape index (κ1) is 16.4. The molecule has 0 radical (unpaired) electrons. The highest BCUT2D eigenvalue weighted by Crippen LogP contribution is 2.21. The highest BCUT2D eigenvalue weighted by molar-refractivity contribution is 5.80. The van der Waals surface area contributed by atoms with Crippen LogP contribution in [0.2, 0.25) is 0 Å². The van der Waals surface area contributed by atoms with Crippen molar-refractivity contribution < 1.29 is 4.74 Å². The summed E-state index contributed by atoms with van der Waals surface area (Å²) >= 11 is 0. The molecule has 0 N–H and O–H groups in total. The van der Waals surface area contributed by atoms with Crippen molar-refractivity contribution in [2.24, 2.45) is 7.05 Å². The smallest absolute Gasteiger partial charge is 0.177 e. The summed E-state index contributed by atoms with van der Waals surface area (Å²) in [6, 6.07) is 12.0. The maximum absolute atomic E-state index is 5.28. The van der Waals surface area contributed by atoms with Crippen LogP contribution in [-0.2, 0) is 13.5 Å². The third kappa shape index (κ3) is 2.84. The number of aromatic nitrogens is 7. The zero-order valence-electron chi connectivity index (χ0n) is 15.4.